The summed E-state index contributed by atoms with van der Waals surface area (Å²) in [5.41, 5.74) is 3.91. The van der Waals surface area contributed by atoms with E-state index in [1.165, 1.54) is 24.3 Å². The third-order valence-electron chi connectivity index (χ3n) is 6.07. The normalized spacial score (nSPS) is 10.5. The Morgan fingerprint density at radius 2 is 1.10 bits per heavy atom. The molecule has 3 rings (SSSR count). The maximum Gasteiger partial charge on any atom is 0.275 e. The SMILES string of the molecule is COCCOC.COCc1ccc(COC)c([N+](=O)[O-])c1.COc1ccc(C(C)(C)c2ccc(OC)cc2)cc1. The Hall–Kier alpha value is -3.50. The summed E-state index contributed by atoms with van der Waals surface area (Å²) in [7, 11) is 9.73. The number of nitrogens with zero attached hydrogens (tertiary/aromatic N) is 1. The molecule has 9 nitrogen and oxygen atoms in total. The fourth-order valence-corrected chi connectivity index (χ4v) is 3.66. The second-order valence-electron chi connectivity index (χ2n) is 9.15. The van der Waals surface area contributed by atoms with Gasteiger partial charge in [-0.25, -0.2) is 0 Å². The van der Waals surface area contributed by atoms with Crippen LogP contribution in [0.3, 0.4) is 0 Å². The number of benzene rings is 3. The van der Waals surface area contributed by atoms with E-state index >= 15 is 0 Å². The van der Waals surface area contributed by atoms with Crippen LogP contribution in [-0.2, 0) is 37.6 Å². The van der Waals surface area contributed by atoms with E-state index in [0.29, 0.717) is 25.4 Å². The summed E-state index contributed by atoms with van der Waals surface area (Å²) >= 11 is 0. The van der Waals surface area contributed by atoms with Gasteiger partial charge in [0.05, 0.1) is 51.1 Å². The lowest BCUT2D eigenvalue weighted by atomic mass is 9.78. The van der Waals surface area contributed by atoms with Crippen LogP contribution in [-0.4, -0.2) is 60.8 Å². The molecule has 220 valence electrons. The lowest BCUT2D eigenvalue weighted by molar-refractivity contribution is -0.386. The fourth-order valence-electron chi connectivity index (χ4n) is 3.66. The summed E-state index contributed by atoms with van der Waals surface area (Å²) < 4.78 is 29.5. The first-order valence-electron chi connectivity index (χ1n) is 12.7. The number of ether oxygens (including phenoxy) is 6. The van der Waals surface area contributed by atoms with Gasteiger partial charge in [-0.05, 0) is 47.0 Å². The van der Waals surface area contributed by atoms with Crippen molar-refractivity contribution in [3.63, 3.8) is 0 Å². The number of rotatable bonds is 12. The van der Waals surface area contributed by atoms with Crippen molar-refractivity contribution in [3.05, 3.63) is 99.1 Å². The van der Waals surface area contributed by atoms with Gasteiger partial charge in [0.15, 0.2) is 0 Å². The zero-order valence-corrected chi connectivity index (χ0v) is 24.9. The van der Waals surface area contributed by atoms with Crippen LogP contribution in [0.1, 0.15) is 36.1 Å². The van der Waals surface area contributed by atoms with Crippen LogP contribution in [0, 0.1) is 10.1 Å². The molecule has 0 aromatic heterocycles. The van der Waals surface area contributed by atoms with E-state index in [9.17, 15) is 10.1 Å². The number of nitro benzene ring substituents is 1. The Labute approximate surface area is 238 Å². The molecule has 3 aromatic rings. The summed E-state index contributed by atoms with van der Waals surface area (Å²) in [4.78, 5) is 10.4. The van der Waals surface area contributed by atoms with Crippen molar-refractivity contribution in [3.8, 4) is 11.5 Å². The molecular formula is C31H43NO8. The Morgan fingerprint density at radius 3 is 1.45 bits per heavy atom. The van der Waals surface area contributed by atoms with Crippen molar-refractivity contribution in [1.29, 1.82) is 0 Å². The van der Waals surface area contributed by atoms with Crippen LogP contribution in [0.4, 0.5) is 5.69 Å². The van der Waals surface area contributed by atoms with Crippen LogP contribution >= 0.6 is 0 Å². The van der Waals surface area contributed by atoms with Gasteiger partial charge in [-0.3, -0.25) is 10.1 Å². The third kappa shape index (κ3) is 11.3. The molecule has 0 atom stereocenters. The van der Waals surface area contributed by atoms with Crippen LogP contribution in [0.5, 0.6) is 11.5 Å². The summed E-state index contributed by atoms with van der Waals surface area (Å²) in [5, 5.41) is 10.8. The number of methoxy groups -OCH3 is 6. The number of hydrogen-bond donors (Lipinski definition) is 0. The van der Waals surface area contributed by atoms with Gasteiger partial charge in [0, 0.05) is 39.9 Å². The summed E-state index contributed by atoms with van der Waals surface area (Å²) in [6.45, 7) is 6.43. The van der Waals surface area contributed by atoms with Gasteiger partial charge >= 0.3 is 0 Å². The van der Waals surface area contributed by atoms with Crippen molar-refractivity contribution in [2.75, 3.05) is 55.9 Å². The van der Waals surface area contributed by atoms with Gasteiger partial charge in [0.2, 0.25) is 0 Å². The molecule has 9 heteroatoms. The van der Waals surface area contributed by atoms with E-state index in [2.05, 4.69) is 47.6 Å². The maximum absolute atomic E-state index is 10.8. The minimum Gasteiger partial charge on any atom is -0.497 e. The van der Waals surface area contributed by atoms with Crippen molar-refractivity contribution in [2.24, 2.45) is 0 Å². The highest BCUT2D eigenvalue weighted by molar-refractivity contribution is 5.43. The predicted octanol–water partition coefficient (Wildman–Crippen LogP) is 6.20. The molecule has 0 N–H and O–H groups in total. The highest BCUT2D eigenvalue weighted by Gasteiger charge is 2.23. The van der Waals surface area contributed by atoms with Crippen molar-refractivity contribution in [2.45, 2.75) is 32.5 Å². The van der Waals surface area contributed by atoms with Crippen LogP contribution in [0.15, 0.2) is 66.7 Å². The van der Waals surface area contributed by atoms with Crippen LogP contribution in [0.2, 0.25) is 0 Å². The minimum absolute atomic E-state index is 0.0431. The molecule has 40 heavy (non-hydrogen) atoms. The molecule has 0 saturated heterocycles. The monoisotopic (exact) mass is 557 g/mol. The van der Waals surface area contributed by atoms with E-state index in [1.807, 2.05) is 24.3 Å². The van der Waals surface area contributed by atoms with Crippen molar-refractivity contribution in [1.82, 2.24) is 0 Å². The lowest BCUT2D eigenvalue weighted by Crippen LogP contribution is -2.18. The van der Waals surface area contributed by atoms with E-state index in [0.717, 1.165) is 17.1 Å². The third-order valence-corrected chi connectivity index (χ3v) is 6.07. The zero-order chi connectivity index (χ0) is 30.0. The first kappa shape index (κ1) is 34.5. The molecule has 3 aromatic carbocycles. The molecular weight excluding hydrogens is 514 g/mol. The molecule has 0 aliphatic carbocycles. The lowest BCUT2D eigenvalue weighted by Gasteiger charge is -2.26. The highest BCUT2D eigenvalue weighted by atomic mass is 16.6. The zero-order valence-electron chi connectivity index (χ0n) is 24.9. The molecule has 0 amide bonds. The van der Waals surface area contributed by atoms with Crippen molar-refractivity contribution < 1.29 is 33.3 Å². The van der Waals surface area contributed by atoms with Gasteiger partial charge in [-0.2, -0.15) is 0 Å². The Kier molecular flexibility index (Phi) is 16.2. The Balaban J connectivity index is 0.000000340. The number of hydrogen-bond acceptors (Lipinski definition) is 8. The van der Waals surface area contributed by atoms with Gasteiger partial charge in [0.25, 0.3) is 5.69 Å². The highest BCUT2D eigenvalue weighted by Crippen LogP contribution is 2.33. The first-order chi connectivity index (χ1) is 19.2. The molecule has 0 aliphatic rings. The molecule has 0 aliphatic heterocycles. The molecule has 0 spiro atoms. The standard InChI is InChI=1S/C17H20O2.C10H13NO4.C4H10O2/c1-17(2,13-5-9-15(18-3)10-6-13)14-7-11-16(19-4)12-8-14;1-14-6-8-3-4-9(7-15-2)10(5-8)11(12)13;1-5-3-4-6-2/h5-12H,1-4H3;3-5H,6-7H2,1-2H3;3-4H2,1-2H3. The average Bonchev–Trinajstić information content (AvgIpc) is 2.97. The molecule has 0 heterocycles. The average molecular weight is 558 g/mol. The second kappa shape index (κ2) is 18.7. The summed E-state index contributed by atoms with van der Waals surface area (Å²) in [6, 6.07) is 21.5. The summed E-state index contributed by atoms with van der Waals surface area (Å²) in [6.07, 6.45) is 0. The molecule has 0 fully saturated rings. The Bertz CT molecular complexity index is 1060. The van der Waals surface area contributed by atoms with Crippen LogP contribution < -0.4 is 9.47 Å². The second-order valence-corrected chi connectivity index (χ2v) is 9.15. The fraction of sp³-hybridized carbons (Fsp3) is 0.419. The van der Waals surface area contributed by atoms with E-state index < -0.39 is 4.92 Å². The molecule has 0 radical (unpaired) electrons. The summed E-state index contributed by atoms with van der Waals surface area (Å²) in [5.74, 6) is 1.77. The molecule has 0 bridgehead atoms. The van der Waals surface area contributed by atoms with Gasteiger partial charge < -0.3 is 28.4 Å². The number of nitro groups is 1. The topological polar surface area (TPSA) is 98.5 Å². The smallest absolute Gasteiger partial charge is 0.275 e. The van der Waals surface area contributed by atoms with Gasteiger partial charge in [0.1, 0.15) is 11.5 Å². The maximum atomic E-state index is 10.8. The van der Waals surface area contributed by atoms with Gasteiger partial charge in [-0.15, -0.1) is 0 Å². The predicted molar refractivity (Wildman–Crippen MR) is 156 cm³/mol. The molecule has 0 unspecified atom stereocenters. The first-order valence-corrected chi connectivity index (χ1v) is 12.7. The molecule has 0 saturated carbocycles. The largest absolute Gasteiger partial charge is 0.497 e. The van der Waals surface area contributed by atoms with Crippen LogP contribution in [0.25, 0.3) is 0 Å². The quantitative estimate of drug-likeness (QED) is 0.148. The van der Waals surface area contributed by atoms with E-state index in [-0.39, 0.29) is 17.7 Å². The van der Waals surface area contributed by atoms with Gasteiger partial charge in [-0.1, -0.05) is 44.2 Å². The van der Waals surface area contributed by atoms with E-state index in [1.54, 1.807) is 47.7 Å². The Morgan fingerprint density at radius 1 is 0.650 bits per heavy atom. The van der Waals surface area contributed by atoms with Crippen molar-refractivity contribution >= 4 is 5.69 Å². The minimum atomic E-state index is -0.409. The van der Waals surface area contributed by atoms with E-state index in [4.69, 9.17) is 18.9 Å².